The van der Waals surface area contributed by atoms with E-state index in [1.54, 1.807) is 0 Å². The molecule has 0 spiro atoms. The first-order valence-electron chi connectivity index (χ1n) is 7.50. The fraction of sp³-hybridized carbons (Fsp3) is 0.176. The highest BCUT2D eigenvalue weighted by Crippen LogP contribution is 2.39. The largest absolute Gasteiger partial charge is 0.496 e. The summed E-state index contributed by atoms with van der Waals surface area (Å²) in [7, 11) is -0.248. The monoisotopic (exact) mass is 398 g/mol. The molecule has 0 radical (unpaired) electrons. The van der Waals surface area contributed by atoms with Crippen molar-refractivity contribution in [3.05, 3.63) is 42.0 Å². The minimum atomic E-state index is -4.52. The van der Waals surface area contributed by atoms with Crippen molar-refractivity contribution in [3.63, 3.8) is 0 Å². The first kappa shape index (κ1) is 18.9. The van der Waals surface area contributed by atoms with Gasteiger partial charge in [0, 0.05) is 10.9 Å². The molecule has 142 valence electrons. The molecule has 0 amide bonds. The highest BCUT2D eigenvalue weighted by atomic mass is 32.2. The fourth-order valence-electron chi connectivity index (χ4n) is 2.57. The number of hydrogen-bond donors (Lipinski definition) is 1. The van der Waals surface area contributed by atoms with Crippen molar-refractivity contribution in [2.45, 2.75) is 11.1 Å². The van der Waals surface area contributed by atoms with Crippen LogP contribution in [0, 0.1) is 0 Å². The maximum Gasteiger partial charge on any atom is 0.416 e. The van der Waals surface area contributed by atoms with Gasteiger partial charge in [0.25, 0.3) is 0 Å². The lowest BCUT2D eigenvalue weighted by Crippen LogP contribution is -2.06. The zero-order chi connectivity index (χ0) is 19.8. The highest BCUT2D eigenvalue weighted by Gasteiger charge is 2.31. The Kier molecular flexibility index (Phi) is 4.92. The number of hydrogen-bond acceptors (Lipinski definition) is 6. The zero-order valence-electron chi connectivity index (χ0n) is 14.1. The lowest BCUT2D eigenvalue weighted by molar-refractivity contribution is -0.137. The topological polar surface area (TPSA) is 78.4 Å². The van der Waals surface area contributed by atoms with Crippen molar-refractivity contribution in [1.82, 2.24) is 9.97 Å². The van der Waals surface area contributed by atoms with Crippen LogP contribution in [-0.2, 0) is 16.9 Å². The predicted octanol–water partition coefficient (Wildman–Crippen LogP) is 3.30. The van der Waals surface area contributed by atoms with Gasteiger partial charge in [0.1, 0.15) is 5.75 Å². The van der Waals surface area contributed by atoms with Gasteiger partial charge in [0.2, 0.25) is 0 Å². The SMILES string of the molecule is COc1nc(-c2ccc(C(F)(F)F)cc2OC)c2ccc([SH](=O)=O)cc2n1. The Morgan fingerprint density at radius 3 is 2.30 bits per heavy atom. The molecule has 0 unspecified atom stereocenters. The summed E-state index contributed by atoms with van der Waals surface area (Å²) in [5.74, 6) is -0.0362. The van der Waals surface area contributed by atoms with E-state index in [0.29, 0.717) is 5.39 Å². The second kappa shape index (κ2) is 7.03. The molecule has 0 aliphatic rings. The predicted molar refractivity (Wildman–Crippen MR) is 91.7 cm³/mol. The number of fused-ring (bicyclic) bond motifs is 1. The lowest BCUT2D eigenvalue weighted by Gasteiger charge is -2.14. The zero-order valence-corrected chi connectivity index (χ0v) is 15.0. The number of aromatic nitrogens is 2. The molecule has 0 atom stereocenters. The van der Waals surface area contributed by atoms with Crippen molar-refractivity contribution in [1.29, 1.82) is 0 Å². The van der Waals surface area contributed by atoms with Crippen LogP contribution in [0.4, 0.5) is 13.2 Å². The van der Waals surface area contributed by atoms with Crippen molar-refractivity contribution < 1.29 is 31.1 Å². The van der Waals surface area contributed by atoms with E-state index in [1.165, 1.54) is 38.5 Å². The van der Waals surface area contributed by atoms with Gasteiger partial charge in [0.05, 0.1) is 35.9 Å². The quantitative estimate of drug-likeness (QED) is 0.680. The van der Waals surface area contributed by atoms with Crippen molar-refractivity contribution in [2.24, 2.45) is 0 Å². The van der Waals surface area contributed by atoms with E-state index in [1.807, 2.05) is 0 Å². The Balaban J connectivity index is 2.30. The third-order valence-electron chi connectivity index (χ3n) is 3.84. The van der Waals surface area contributed by atoms with Gasteiger partial charge < -0.3 is 9.47 Å². The van der Waals surface area contributed by atoms with Gasteiger partial charge in [-0.05, 0) is 36.4 Å². The Morgan fingerprint density at radius 2 is 1.70 bits per heavy atom. The Hall–Kier alpha value is -2.88. The molecule has 3 rings (SSSR count). The molecule has 0 aliphatic heterocycles. The van der Waals surface area contributed by atoms with Gasteiger partial charge in [-0.15, -0.1) is 0 Å². The van der Waals surface area contributed by atoms with E-state index < -0.39 is 22.4 Å². The Bertz CT molecular complexity index is 1090. The summed E-state index contributed by atoms with van der Waals surface area (Å²) < 4.78 is 71.5. The third kappa shape index (κ3) is 3.65. The minimum Gasteiger partial charge on any atom is -0.496 e. The molecule has 10 heteroatoms. The first-order chi connectivity index (χ1) is 12.7. The molecule has 6 nitrogen and oxygen atoms in total. The molecule has 1 heterocycles. The third-order valence-corrected chi connectivity index (χ3v) is 4.54. The Morgan fingerprint density at radius 1 is 0.963 bits per heavy atom. The van der Waals surface area contributed by atoms with E-state index in [9.17, 15) is 21.6 Å². The number of halogens is 3. The second-order valence-corrected chi connectivity index (χ2v) is 6.46. The average molecular weight is 398 g/mol. The van der Waals surface area contributed by atoms with Crippen LogP contribution >= 0.6 is 0 Å². The van der Waals surface area contributed by atoms with Crippen LogP contribution in [0.2, 0.25) is 0 Å². The summed E-state index contributed by atoms with van der Waals surface area (Å²) in [5, 5.41) is 0.439. The van der Waals surface area contributed by atoms with Gasteiger partial charge in [-0.1, -0.05) is 0 Å². The van der Waals surface area contributed by atoms with Crippen LogP contribution in [0.1, 0.15) is 5.56 Å². The molecule has 0 fully saturated rings. The van der Waals surface area contributed by atoms with Crippen LogP contribution in [0.25, 0.3) is 22.2 Å². The number of rotatable bonds is 4. The van der Waals surface area contributed by atoms with E-state index in [2.05, 4.69) is 9.97 Å². The summed E-state index contributed by atoms with van der Waals surface area (Å²) in [6, 6.07) is 7.17. The molecular formula is C17H13F3N2O4S. The smallest absolute Gasteiger partial charge is 0.416 e. The molecule has 0 N–H and O–H groups in total. The summed E-state index contributed by atoms with van der Waals surface area (Å²) in [6.45, 7) is 0. The molecule has 0 aliphatic carbocycles. The Labute approximate surface area is 153 Å². The van der Waals surface area contributed by atoms with Gasteiger partial charge in [-0.25, -0.2) is 8.42 Å². The van der Waals surface area contributed by atoms with Crippen LogP contribution in [-0.4, -0.2) is 32.6 Å². The molecule has 27 heavy (non-hydrogen) atoms. The summed E-state index contributed by atoms with van der Waals surface area (Å²) >= 11 is 0. The van der Waals surface area contributed by atoms with Crippen LogP contribution in [0.3, 0.4) is 0 Å². The number of thiol groups is 1. The van der Waals surface area contributed by atoms with Crippen LogP contribution < -0.4 is 9.47 Å². The van der Waals surface area contributed by atoms with Gasteiger partial charge in [-0.2, -0.15) is 23.1 Å². The van der Waals surface area contributed by atoms with Crippen molar-refractivity contribution in [3.8, 4) is 23.0 Å². The fourth-order valence-corrected chi connectivity index (χ4v) is 2.99. The number of benzene rings is 2. The van der Waals surface area contributed by atoms with Crippen LogP contribution in [0.15, 0.2) is 41.3 Å². The van der Waals surface area contributed by atoms with Gasteiger partial charge in [-0.3, -0.25) is 0 Å². The number of alkyl halides is 3. The standard InChI is InChI=1S/C17H13F3N2O4S/c1-25-14-7-9(17(18,19)20)3-5-12(14)15-11-6-4-10(27(23)24)8-13(11)21-16(22-15)26-2/h3-8,27H,1-2H3. The van der Waals surface area contributed by atoms with E-state index in [4.69, 9.17) is 9.47 Å². The van der Waals surface area contributed by atoms with E-state index >= 15 is 0 Å². The summed E-state index contributed by atoms with van der Waals surface area (Å²) in [6.07, 6.45) is -4.52. The van der Waals surface area contributed by atoms with Gasteiger partial charge in [0.15, 0.2) is 10.7 Å². The number of nitrogens with zero attached hydrogens (tertiary/aromatic N) is 2. The van der Waals surface area contributed by atoms with E-state index in [0.717, 1.165) is 12.1 Å². The molecule has 0 saturated carbocycles. The maximum atomic E-state index is 13.0. The summed E-state index contributed by atoms with van der Waals surface area (Å²) in [5.41, 5.74) is -0.0415. The molecular weight excluding hydrogens is 385 g/mol. The van der Waals surface area contributed by atoms with Crippen LogP contribution in [0.5, 0.6) is 11.8 Å². The maximum absolute atomic E-state index is 13.0. The molecule has 2 aromatic carbocycles. The minimum absolute atomic E-state index is 0.0362. The van der Waals surface area contributed by atoms with Gasteiger partial charge >= 0.3 is 12.2 Å². The molecule has 0 saturated heterocycles. The number of methoxy groups -OCH3 is 2. The van der Waals surface area contributed by atoms with E-state index in [-0.39, 0.29) is 33.4 Å². The lowest BCUT2D eigenvalue weighted by atomic mass is 10.0. The first-order valence-corrected chi connectivity index (χ1v) is 8.68. The second-order valence-electron chi connectivity index (χ2n) is 5.43. The average Bonchev–Trinajstić information content (AvgIpc) is 2.65. The van der Waals surface area contributed by atoms with Crippen molar-refractivity contribution >= 4 is 21.6 Å². The molecule has 1 aromatic heterocycles. The number of ether oxygens (including phenoxy) is 2. The van der Waals surface area contributed by atoms with Crippen molar-refractivity contribution in [2.75, 3.05) is 14.2 Å². The normalized spacial score (nSPS) is 11.8. The summed E-state index contributed by atoms with van der Waals surface area (Å²) in [4.78, 5) is 8.38. The highest BCUT2D eigenvalue weighted by molar-refractivity contribution is 7.72. The molecule has 3 aromatic rings. The molecule has 0 bridgehead atoms.